The highest BCUT2D eigenvalue weighted by molar-refractivity contribution is 5.85. The fraction of sp³-hybridized carbons (Fsp3) is 0.400. The van der Waals surface area contributed by atoms with E-state index in [-0.39, 0.29) is 11.5 Å². The first-order chi connectivity index (χ1) is 11.3. The summed E-state index contributed by atoms with van der Waals surface area (Å²) in [6.45, 7) is -0.613. The third kappa shape index (κ3) is 4.02. The molecule has 9 heteroatoms. The zero-order chi connectivity index (χ0) is 17.9. The summed E-state index contributed by atoms with van der Waals surface area (Å²) >= 11 is 0. The highest BCUT2D eigenvalue weighted by atomic mass is 16.7. The van der Waals surface area contributed by atoms with E-state index in [0.29, 0.717) is 5.56 Å². The molecule has 1 aromatic carbocycles. The van der Waals surface area contributed by atoms with Crippen molar-refractivity contribution < 1.29 is 44.9 Å². The van der Waals surface area contributed by atoms with Crippen molar-refractivity contribution in [1.29, 1.82) is 0 Å². The van der Waals surface area contributed by atoms with Gasteiger partial charge in [-0.15, -0.1) is 0 Å². The minimum atomic E-state index is -1.62. The zero-order valence-electron chi connectivity index (χ0n) is 12.4. The van der Waals surface area contributed by atoms with E-state index >= 15 is 0 Å². The summed E-state index contributed by atoms with van der Waals surface area (Å²) in [7, 11) is 0. The Labute approximate surface area is 136 Å². The molecule has 0 aliphatic carbocycles. The van der Waals surface area contributed by atoms with Crippen LogP contribution in [0.2, 0.25) is 0 Å². The lowest BCUT2D eigenvalue weighted by Crippen LogP contribution is -2.60. The van der Waals surface area contributed by atoms with Crippen LogP contribution in [0.25, 0.3) is 6.08 Å². The summed E-state index contributed by atoms with van der Waals surface area (Å²) < 4.78 is 10.5. The minimum Gasteiger partial charge on any atom is -0.504 e. The lowest BCUT2D eigenvalue weighted by molar-refractivity contribution is -0.277. The van der Waals surface area contributed by atoms with Crippen molar-refractivity contribution in [1.82, 2.24) is 0 Å². The van der Waals surface area contributed by atoms with Crippen LogP contribution in [0.5, 0.6) is 11.5 Å². The molecule has 1 heterocycles. The van der Waals surface area contributed by atoms with Gasteiger partial charge >= 0.3 is 5.97 Å². The molecule has 0 unspecified atom stereocenters. The van der Waals surface area contributed by atoms with Crippen molar-refractivity contribution in [3.05, 3.63) is 29.8 Å². The SMILES string of the molecule is O=C(O)C=Cc1ccc(O)c(O[C@H]2O[C@H](CO)[C@@H](O)[C@H](O)[C@H]2O)c1. The maximum absolute atomic E-state index is 10.5. The van der Waals surface area contributed by atoms with E-state index < -0.39 is 43.3 Å². The van der Waals surface area contributed by atoms with Gasteiger partial charge in [0, 0.05) is 6.08 Å². The molecule has 0 radical (unpaired) electrons. The third-order valence-electron chi connectivity index (χ3n) is 3.49. The topological polar surface area (TPSA) is 157 Å². The molecule has 1 saturated heterocycles. The van der Waals surface area contributed by atoms with Crippen LogP contribution < -0.4 is 4.74 Å². The van der Waals surface area contributed by atoms with Crippen molar-refractivity contribution in [3.63, 3.8) is 0 Å². The Kier molecular flexibility index (Phi) is 5.75. The second kappa shape index (κ2) is 7.60. The molecule has 0 bridgehead atoms. The normalized spacial score (nSPS) is 30.4. The van der Waals surface area contributed by atoms with Crippen molar-refractivity contribution in [2.24, 2.45) is 0 Å². The Morgan fingerprint density at radius 1 is 1.21 bits per heavy atom. The van der Waals surface area contributed by atoms with Gasteiger partial charge < -0.3 is 40.1 Å². The lowest BCUT2D eigenvalue weighted by Gasteiger charge is -2.39. The number of phenols is 1. The van der Waals surface area contributed by atoms with Crippen LogP contribution in [-0.4, -0.2) is 73.9 Å². The molecule has 0 spiro atoms. The molecule has 1 fully saturated rings. The number of carboxylic acids is 1. The number of benzene rings is 1. The maximum Gasteiger partial charge on any atom is 0.328 e. The lowest BCUT2D eigenvalue weighted by atomic mass is 9.99. The van der Waals surface area contributed by atoms with Crippen LogP contribution in [0.15, 0.2) is 24.3 Å². The van der Waals surface area contributed by atoms with Gasteiger partial charge in [0.05, 0.1) is 6.61 Å². The molecular weight excluding hydrogens is 324 g/mol. The number of aliphatic carboxylic acids is 1. The predicted octanol–water partition coefficient (Wildman–Crippen LogP) is -1.33. The Morgan fingerprint density at radius 2 is 1.92 bits per heavy atom. The first-order valence-electron chi connectivity index (χ1n) is 7.04. The smallest absolute Gasteiger partial charge is 0.328 e. The van der Waals surface area contributed by atoms with Crippen molar-refractivity contribution in [2.75, 3.05) is 6.61 Å². The molecule has 1 aromatic rings. The highest BCUT2D eigenvalue weighted by Gasteiger charge is 2.44. The fourth-order valence-corrected chi connectivity index (χ4v) is 2.19. The first kappa shape index (κ1) is 18.2. The van der Waals surface area contributed by atoms with E-state index in [2.05, 4.69) is 0 Å². The molecule has 24 heavy (non-hydrogen) atoms. The van der Waals surface area contributed by atoms with Gasteiger partial charge in [0.15, 0.2) is 11.5 Å². The number of ether oxygens (including phenoxy) is 2. The largest absolute Gasteiger partial charge is 0.504 e. The number of aliphatic hydroxyl groups excluding tert-OH is 4. The number of rotatable bonds is 5. The molecule has 1 aliphatic rings. The van der Waals surface area contributed by atoms with Gasteiger partial charge in [0.2, 0.25) is 6.29 Å². The van der Waals surface area contributed by atoms with Crippen LogP contribution in [0.3, 0.4) is 0 Å². The second-order valence-electron chi connectivity index (χ2n) is 5.21. The highest BCUT2D eigenvalue weighted by Crippen LogP contribution is 2.31. The van der Waals surface area contributed by atoms with Gasteiger partial charge in [-0.3, -0.25) is 0 Å². The molecule has 1 aliphatic heterocycles. The third-order valence-corrected chi connectivity index (χ3v) is 3.49. The number of carbonyl (C=O) groups is 1. The van der Waals surface area contributed by atoms with E-state index in [1.54, 1.807) is 0 Å². The molecule has 0 aromatic heterocycles. The predicted molar refractivity (Wildman–Crippen MR) is 79.2 cm³/mol. The van der Waals surface area contributed by atoms with Gasteiger partial charge in [-0.05, 0) is 23.8 Å². The van der Waals surface area contributed by atoms with Gasteiger partial charge in [-0.1, -0.05) is 6.07 Å². The number of phenolic OH excluding ortho intramolecular Hbond substituents is 1. The van der Waals surface area contributed by atoms with E-state index in [1.807, 2.05) is 0 Å². The minimum absolute atomic E-state index is 0.133. The average molecular weight is 342 g/mol. The summed E-state index contributed by atoms with van der Waals surface area (Å²) in [5.41, 5.74) is 0.398. The Hall–Kier alpha value is -2.17. The molecule has 132 valence electrons. The van der Waals surface area contributed by atoms with Gasteiger partial charge in [-0.2, -0.15) is 0 Å². The van der Waals surface area contributed by atoms with E-state index in [9.17, 15) is 25.2 Å². The van der Waals surface area contributed by atoms with Crippen LogP contribution in [0.1, 0.15) is 5.56 Å². The number of carboxylic acid groups (broad SMARTS) is 1. The summed E-state index contributed by atoms with van der Waals surface area (Å²) in [5.74, 6) is -1.59. The van der Waals surface area contributed by atoms with E-state index in [1.165, 1.54) is 24.3 Å². The van der Waals surface area contributed by atoms with E-state index in [4.69, 9.17) is 19.7 Å². The first-order valence-corrected chi connectivity index (χ1v) is 7.04. The molecule has 0 saturated carbocycles. The maximum atomic E-state index is 10.5. The van der Waals surface area contributed by atoms with Crippen LogP contribution in [0.4, 0.5) is 0 Å². The molecule has 2 rings (SSSR count). The monoisotopic (exact) mass is 342 g/mol. The van der Waals surface area contributed by atoms with Gasteiger partial charge in [0.1, 0.15) is 24.4 Å². The van der Waals surface area contributed by atoms with E-state index in [0.717, 1.165) is 6.08 Å². The zero-order valence-corrected chi connectivity index (χ0v) is 12.4. The Balaban J connectivity index is 2.20. The van der Waals surface area contributed by atoms with Crippen LogP contribution >= 0.6 is 0 Å². The summed E-state index contributed by atoms with van der Waals surface area (Å²) in [5, 5.41) is 56.8. The fourth-order valence-electron chi connectivity index (χ4n) is 2.19. The molecular formula is C15H18O9. The van der Waals surface area contributed by atoms with Gasteiger partial charge in [-0.25, -0.2) is 4.79 Å². The van der Waals surface area contributed by atoms with Crippen molar-refractivity contribution in [2.45, 2.75) is 30.7 Å². The Bertz CT molecular complexity index is 613. The molecule has 6 N–H and O–H groups in total. The van der Waals surface area contributed by atoms with Crippen molar-refractivity contribution >= 4 is 12.0 Å². The summed E-state index contributed by atoms with van der Waals surface area (Å²) in [4.78, 5) is 10.5. The van der Waals surface area contributed by atoms with Crippen molar-refractivity contribution in [3.8, 4) is 11.5 Å². The Morgan fingerprint density at radius 3 is 2.54 bits per heavy atom. The van der Waals surface area contributed by atoms with Crippen LogP contribution in [0, 0.1) is 0 Å². The summed E-state index contributed by atoms with van der Waals surface area (Å²) in [6, 6.07) is 3.99. The quantitative estimate of drug-likeness (QED) is 0.357. The average Bonchev–Trinajstić information content (AvgIpc) is 2.55. The standard InChI is InChI=1S/C15H18O9/c16-6-10-12(20)13(21)14(22)15(24-10)23-9-5-7(1-3-8(9)17)2-4-11(18)19/h1-5,10,12-17,20-22H,6H2,(H,18,19)/t10-,12-,13+,14-,15+/m1/s1. The number of aromatic hydroxyl groups is 1. The van der Waals surface area contributed by atoms with Crippen LogP contribution in [-0.2, 0) is 9.53 Å². The molecule has 0 amide bonds. The number of hydrogen-bond acceptors (Lipinski definition) is 8. The number of hydrogen-bond donors (Lipinski definition) is 6. The molecule has 5 atom stereocenters. The molecule has 9 nitrogen and oxygen atoms in total. The summed E-state index contributed by atoms with van der Waals surface area (Å²) in [6.07, 6.45) is -5.20. The van der Waals surface area contributed by atoms with Gasteiger partial charge in [0.25, 0.3) is 0 Å². The second-order valence-corrected chi connectivity index (χ2v) is 5.21. The number of aliphatic hydroxyl groups is 4.